The Labute approximate surface area is 223 Å². The van der Waals surface area contributed by atoms with Gasteiger partial charge in [-0.2, -0.15) is 4.98 Å². The number of hydrogen-bond acceptors (Lipinski definition) is 8. The van der Waals surface area contributed by atoms with Crippen molar-refractivity contribution in [3.8, 4) is 5.88 Å². The van der Waals surface area contributed by atoms with Crippen LogP contribution in [0.5, 0.6) is 5.88 Å². The summed E-state index contributed by atoms with van der Waals surface area (Å²) in [5, 5.41) is 15.5. The van der Waals surface area contributed by atoms with Gasteiger partial charge >= 0.3 is 0 Å². The molecule has 2 aromatic heterocycles. The van der Waals surface area contributed by atoms with E-state index < -0.39 is 35.2 Å². The first-order chi connectivity index (χ1) is 18.7. The lowest BCUT2D eigenvalue weighted by atomic mass is 9.77. The quantitative estimate of drug-likeness (QED) is 0.395. The molecule has 1 spiro atoms. The number of aryl methyl sites for hydroxylation is 1. The van der Waals surface area contributed by atoms with Crippen LogP contribution < -0.4 is 10.1 Å². The van der Waals surface area contributed by atoms with Crippen LogP contribution in [0.2, 0.25) is 0 Å². The van der Waals surface area contributed by atoms with Gasteiger partial charge in [-0.25, -0.2) is 23.1 Å². The standard InChI is InChI=1S/C28H31F3N4O4/c1-15(18-4-3-5-19(22(18)29)23(30)31)32-24-20-14-21(27(36)8-10-28(11-9-27)37-12-13-38-28)26(39-17-6-7-17)35-25(20)34-16(2)33-24/h3-5,14-15,17,23,36H,6-13H2,1-2H3,(H,32,33,34,35)/t15-/m1/s1. The summed E-state index contributed by atoms with van der Waals surface area (Å²) < 4.78 is 59.4. The fourth-order valence-electron chi connectivity index (χ4n) is 5.48. The molecule has 0 radical (unpaired) electrons. The molecule has 11 heteroatoms. The fraction of sp³-hybridized carbons (Fsp3) is 0.536. The summed E-state index contributed by atoms with van der Waals surface area (Å²) in [5.41, 5.74) is -0.909. The number of fused-ring (bicyclic) bond motifs is 1. The number of nitrogens with zero attached hydrogens (tertiary/aromatic N) is 3. The van der Waals surface area contributed by atoms with Gasteiger partial charge in [-0.1, -0.05) is 18.2 Å². The zero-order valence-corrected chi connectivity index (χ0v) is 21.8. The van der Waals surface area contributed by atoms with E-state index in [2.05, 4.69) is 15.3 Å². The Morgan fingerprint density at radius 2 is 1.74 bits per heavy atom. The van der Waals surface area contributed by atoms with Crippen LogP contribution in [0.4, 0.5) is 19.0 Å². The molecule has 1 aliphatic heterocycles. The number of aliphatic hydroxyl groups is 1. The van der Waals surface area contributed by atoms with Gasteiger partial charge in [-0.15, -0.1) is 0 Å². The number of hydrogen-bond donors (Lipinski definition) is 2. The van der Waals surface area contributed by atoms with Crippen molar-refractivity contribution in [3.63, 3.8) is 0 Å². The van der Waals surface area contributed by atoms with Gasteiger partial charge < -0.3 is 24.6 Å². The van der Waals surface area contributed by atoms with Crippen molar-refractivity contribution >= 4 is 16.9 Å². The van der Waals surface area contributed by atoms with Gasteiger partial charge in [0.2, 0.25) is 5.88 Å². The van der Waals surface area contributed by atoms with Gasteiger partial charge in [0.25, 0.3) is 6.43 Å². The highest BCUT2D eigenvalue weighted by molar-refractivity contribution is 5.88. The van der Waals surface area contributed by atoms with E-state index in [4.69, 9.17) is 19.2 Å². The predicted molar refractivity (Wildman–Crippen MR) is 136 cm³/mol. The van der Waals surface area contributed by atoms with E-state index in [9.17, 15) is 18.3 Å². The minimum atomic E-state index is -2.92. The summed E-state index contributed by atoms with van der Waals surface area (Å²) >= 11 is 0. The van der Waals surface area contributed by atoms with Gasteiger partial charge in [-0.3, -0.25) is 0 Å². The van der Waals surface area contributed by atoms with Gasteiger partial charge in [0.05, 0.1) is 35.8 Å². The van der Waals surface area contributed by atoms with Crippen molar-refractivity contribution in [3.05, 3.63) is 52.6 Å². The Kier molecular flexibility index (Phi) is 6.63. The van der Waals surface area contributed by atoms with Gasteiger partial charge in [0, 0.05) is 24.0 Å². The summed E-state index contributed by atoms with van der Waals surface area (Å²) in [6, 6.07) is 5.05. The number of rotatable bonds is 7. The van der Waals surface area contributed by atoms with E-state index in [-0.39, 0.29) is 11.7 Å². The van der Waals surface area contributed by atoms with Crippen LogP contribution in [0, 0.1) is 12.7 Å². The highest BCUT2D eigenvalue weighted by Gasteiger charge is 2.48. The molecule has 3 aliphatic rings. The third-order valence-electron chi connectivity index (χ3n) is 7.83. The average Bonchev–Trinajstić information content (AvgIpc) is 3.60. The maximum atomic E-state index is 14.9. The normalized spacial score (nSPS) is 21.0. The molecule has 3 heterocycles. The number of ether oxygens (including phenoxy) is 3. The highest BCUT2D eigenvalue weighted by Crippen LogP contribution is 2.48. The monoisotopic (exact) mass is 544 g/mol. The zero-order chi connectivity index (χ0) is 27.4. The van der Waals surface area contributed by atoms with Crippen molar-refractivity contribution in [2.24, 2.45) is 0 Å². The number of anilines is 1. The molecule has 3 fully saturated rings. The summed E-state index contributed by atoms with van der Waals surface area (Å²) in [7, 11) is 0. The molecule has 1 saturated heterocycles. The van der Waals surface area contributed by atoms with Crippen LogP contribution in [0.3, 0.4) is 0 Å². The van der Waals surface area contributed by atoms with Crippen LogP contribution >= 0.6 is 0 Å². The van der Waals surface area contributed by atoms with Crippen molar-refractivity contribution in [1.82, 2.24) is 15.0 Å². The maximum Gasteiger partial charge on any atom is 0.266 e. The van der Waals surface area contributed by atoms with Crippen LogP contribution in [-0.2, 0) is 15.1 Å². The first-order valence-electron chi connectivity index (χ1n) is 13.4. The number of benzene rings is 1. The lowest BCUT2D eigenvalue weighted by Gasteiger charge is -2.41. The average molecular weight is 545 g/mol. The maximum absolute atomic E-state index is 14.9. The molecule has 1 atom stereocenters. The molecule has 2 N–H and O–H groups in total. The third-order valence-corrected chi connectivity index (χ3v) is 7.83. The number of pyridine rings is 1. The SMILES string of the molecule is Cc1nc(N[C@H](C)c2cccc(C(F)F)c2F)c2cc(C3(O)CCC4(CC3)OCCO4)c(OC3CC3)nc2n1. The highest BCUT2D eigenvalue weighted by atomic mass is 19.3. The molecule has 208 valence electrons. The first-order valence-corrected chi connectivity index (χ1v) is 13.4. The second-order valence-electron chi connectivity index (χ2n) is 10.7. The lowest BCUT2D eigenvalue weighted by molar-refractivity contribution is -0.204. The zero-order valence-electron chi connectivity index (χ0n) is 21.8. The second kappa shape index (κ2) is 9.87. The molecular weight excluding hydrogens is 513 g/mol. The smallest absolute Gasteiger partial charge is 0.266 e. The Balaban J connectivity index is 1.39. The molecule has 2 aliphatic carbocycles. The molecule has 0 unspecified atom stereocenters. The number of aromatic nitrogens is 3. The lowest BCUT2D eigenvalue weighted by Crippen LogP contribution is -2.42. The van der Waals surface area contributed by atoms with E-state index in [1.807, 2.05) is 0 Å². The summed E-state index contributed by atoms with van der Waals surface area (Å²) in [6.07, 6.45) is 0.771. The van der Waals surface area contributed by atoms with Gasteiger partial charge in [0.1, 0.15) is 23.6 Å². The van der Waals surface area contributed by atoms with Gasteiger partial charge in [0.15, 0.2) is 11.4 Å². The third kappa shape index (κ3) is 5.03. The predicted octanol–water partition coefficient (Wildman–Crippen LogP) is 5.63. The van der Waals surface area contributed by atoms with Crippen LogP contribution in [-0.4, -0.2) is 45.2 Å². The topological polar surface area (TPSA) is 98.6 Å². The molecule has 8 nitrogen and oxygen atoms in total. The van der Waals surface area contributed by atoms with E-state index in [0.717, 1.165) is 18.9 Å². The minimum absolute atomic E-state index is 0.0411. The van der Waals surface area contributed by atoms with Crippen LogP contribution in [0.1, 0.15) is 80.4 Å². The van der Waals surface area contributed by atoms with E-state index in [0.29, 0.717) is 73.0 Å². The molecule has 1 aromatic carbocycles. The summed E-state index contributed by atoms with van der Waals surface area (Å²) in [4.78, 5) is 13.7. The molecule has 2 saturated carbocycles. The molecule has 6 rings (SSSR count). The van der Waals surface area contributed by atoms with Crippen LogP contribution in [0.25, 0.3) is 11.0 Å². The number of alkyl halides is 2. The summed E-state index contributed by atoms with van der Waals surface area (Å²) in [6.45, 7) is 4.46. The molecule has 0 bridgehead atoms. The molecule has 39 heavy (non-hydrogen) atoms. The molecular formula is C28H31F3N4O4. The first kappa shape index (κ1) is 26.2. The Morgan fingerprint density at radius 3 is 2.41 bits per heavy atom. The molecule has 3 aromatic rings. The Morgan fingerprint density at radius 1 is 1.05 bits per heavy atom. The minimum Gasteiger partial charge on any atom is -0.474 e. The summed E-state index contributed by atoms with van der Waals surface area (Å²) in [5.74, 6) is -0.497. The van der Waals surface area contributed by atoms with Crippen LogP contribution in [0.15, 0.2) is 24.3 Å². The number of nitrogens with one attached hydrogen (secondary N) is 1. The fourth-order valence-corrected chi connectivity index (χ4v) is 5.48. The van der Waals surface area contributed by atoms with E-state index >= 15 is 0 Å². The van der Waals surface area contributed by atoms with E-state index in [1.165, 1.54) is 12.1 Å². The molecule has 0 amide bonds. The largest absolute Gasteiger partial charge is 0.474 e. The Hall–Kier alpha value is -3.02. The van der Waals surface area contributed by atoms with Crippen molar-refractivity contribution in [2.45, 2.75) is 82.3 Å². The van der Waals surface area contributed by atoms with Crippen molar-refractivity contribution < 1.29 is 32.5 Å². The number of halogens is 3. The van der Waals surface area contributed by atoms with Gasteiger partial charge in [-0.05, 0) is 45.6 Å². The second-order valence-corrected chi connectivity index (χ2v) is 10.7. The van der Waals surface area contributed by atoms with E-state index in [1.54, 1.807) is 19.9 Å². The van der Waals surface area contributed by atoms with Crippen molar-refractivity contribution in [2.75, 3.05) is 18.5 Å². The Bertz CT molecular complexity index is 1380. The van der Waals surface area contributed by atoms with Crippen molar-refractivity contribution in [1.29, 1.82) is 0 Å².